The van der Waals surface area contributed by atoms with Crippen molar-refractivity contribution in [1.29, 1.82) is 0 Å². The maximum atomic E-state index is 12.2. The van der Waals surface area contributed by atoms with E-state index in [0.717, 1.165) is 19.3 Å². The molecule has 1 amide bonds. The van der Waals surface area contributed by atoms with Gasteiger partial charge in [-0.1, -0.05) is 13.8 Å². The summed E-state index contributed by atoms with van der Waals surface area (Å²) in [5.74, 6) is -0.618. The minimum Gasteiger partial charge on any atom is -0.481 e. The lowest BCUT2D eigenvalue weighted by Crippen LogP contribution is -2.49. The highest BCUT2D eigenvalue weighted by molar-refractivity contribution is 5.81. The van der Waals surface area contributed by atoms with Crippen LogP contribution in [-0.2, 0) is 9.59 Å². The van der Waals surface area contributed by atoms with Gasteiger partial charge in [-0.05, 0) is 32.6 Å². The molecule has 0 radical (unpaired) electrons. The minimum absolute atomic E-state index is 0.0474. The summed E-state index contributed by atoms with van der Waals surface area (Å²) in [5, 5.41) is 9.21. The number of carboxylic acids is 1. The van der Waals surface area contributed by atoms with Gasteiger partial charge in [-0.15, -0.1) is 0 Å². The van der Waals surface area contributed by atoms with Crippen LogP contribution in [0.4, 0.5) is 0 Å². The molecule has 1 unspecified atom stereocenters. The summed E-state index contributed by atoms with van der Waals surface area (Å²) in [6.07, 6.45) is 3.11. The predicted octanol–water partition coefficient (Wildman–Crippen LogP) is 2.14. The summed E-state index contributed by atoms with van der Waals surface area (Å²) in [4.78, 5) is 25.2. The van der Waals surface area contributed by atoms with Gasteiger partial charge in [-0.2, -0.15) is 0 Å². The first-order chi connectivity index (χ1) is 7.94. The van der Waals surface area contributed by atoms with E-state index in [1.54, 1.807) is 11.8 Å². The van der Waals surface area contributed by atoms with Crippen LogP contribution in [0.5, 0.6) is 0 Å². The molecule has 1 heterocycles. The largest absolute Gasteiger partial charge is 0.481 e. The van der Waals surface area contributed by atoms with Gasteiger partial charge in [0, 0.05) is 19.0 Å². The molecule has 1 saturated heterocycles. The van der Waals surface area contributed by atoms with Crippen LogP contribution in [0.25, 0.3) is 0 Å². The van der Waals surface area contributed by atoms with Crippen molar-refractivity contribution in [3.05, 3.63) is 0 Å². The summed E-state index contributed by atoms with van der Waals surface area (Å²) in [6.45, 7) is 6.82. The highest BCUT2D eigenvalue weighted by Crippen LogP contribution is 2.30. The average Bonchev–Trinajstić information content (AvgIpc) is 2.30. The number of carboxylic acid groups (broad SMARTS) is 1. The molecule has 1 aliphatic heterocycles. The molecule has 0 spiro atoms. The first-order valence-electron chi connectivity index (χ1n) is 6.46. The smallest absolute Gasteiger partial charge is 0.311 e. The molecule has 1 aliphatic rings. The van der Waals surface area contributed by atoms with Gasteiger partial charge in [0.1, 0.15) is 0 Å². The molecule has 0 saturated carbocycles. The first kappa shape index (κ1) is 14.0. The van der Waals surface area contributed by atoms with Crippen molar-refractivity contribution in [3.63, 3.8) is 0 Å². The number of piperidine rings is 1. The number of hydrogen-bond acceptors (Lipinski definition) is 2. The molecule has 4 heteroatoms. The third-order valence-corrected chi connectivity index (χ3v) is 3.86. The molecule has 0 aromatic rings. The fraction of sp³-hybridized carbons (Fsp3) is 0.846. The Morgan fingerprint density at radius 3 is 2.41 bits per heavy atom. The Balaban J connectivity index is 2.73. The normalized spacial score (nSPS) is 25.1. The minimum atomic E-state index is -0.792. The van der Waals surface area contributed by atoms with E-state index >= 15 is 0 Å². The zero-order valence-electron chi connectivity index (χ0n) is 11.0. The lowest BCUT2D eigenvalue weighted by Gasteiger charge is -2.38. The quantitative estimate of drug-likeness (QED) is 0.820. The average molecular weight is 241 g/mol. The molecule has 0 aliphatic carbocycles. The number of likely N-dealkylation sites (tertiary alicyclic amines) is 1. The standard InChI is InChI=1S/C13H23NO3/c1-4-10(5-2)11(15)14-8-6-7-13(3,9-14)12(16)17/h10H,4-9H2,1-3H3,(H,16,17). The summed E-state index contributed by atoms with van der Waals surface area (Å²) < 4.78 is 0. The number of carbonyl (C=O) groups excluding carboxylic acids is 1. The van der Waals surface area contributed by atoms with Crippen LogP contribution in [0.3, 0.4) is 0 Å². The lowest BCUT2D eigenvalue weighted by atomic mass is 9.81. The second-order valence-electron chi connectivity index (χ2n) is 5.24. The Kier molecular flexibility index (Phi) is 4.54. The Hall–Kier alpha value is -1.06. The number of carbonyl (C=O) groups is 2. The van der Waals surface area contributed by atoms with E-state index in [-0.39, 0.29) is 11.8 Å². The van der Waals surface area contributed by atoms with Crippen LogP contribution in [0.1, 0.15) is 46.5 Å². The Morgan fingerprint density at radius 2 is 1.94 bits per heavy atom. The van der Waals surface area contributed by atoms with Gasteiger partial charge in [0.15, 0.2) is 0 Å². The van der Waals surface area contributed by atoms with Crippen LogP contribution < -0.4 is 0 Å². The zero-order chi connectivity index (χ0) is 13.1. The maximum Gasteiger partial charge on any atom is 0.311 e. The van der Waals surface area contributed by atoms with E-state index < -0.39 is 11.4 Å². The maximum absolute atomic E-state index is 12.2. The number of aliphatic carboxylic acids is 1. The second-order valence-corrected chi connectivity index (χ2v) is 5.24. The van der Waals surface area contributed by atoms with Crippen LogP contribution in [-0.4, -0.2) is 35.0 Å². The van der Waals surface area contributed by atoms with Crippen LogP contribution in [0.15, 0.2) is 0 Å². The Bertz CT molecular complexity index is 299. The zero-order valence-corrected chi connectivity index (χ0v) is 11.0. The molecule has 0 aromatic heterocycles. The molecular formula is C13H23NO3. The fourth-order valence-electron chi connectivity index (χ4n) is 2.50. The molecular weight excluding hydrogens is 218 g/mol. The van der Waals surface area contributed by atoms with Crippen molar-refractivity contribution in [3.8, 4) is 0 Å². The molecule has 98 valence electrons. The van der Waals surface area contributed by atoms with Crippen molar-refractivity contribution >= 4 is 11.9 Å². The van der Waals surface area contributed by atoms with Crippen molar-refractivity contribution in [2.75, 3.05) is 13.1 Å². The Labute approximate surface area is 103 Å². The van der Waals surface area contributed by atoms with Gasteiger partial charge in [0.05, 0.1) is 5.41 Å². The number of nitrogens with zero attached hydrogens (tertiary/aromatic N) is 1. The Morgan fingerprint density at radius 1 is 1.35 bits per heavy atom. The van der Waals surface area contributed by atoms with Crippen LogP contribution in [0, 0.1) is 11.3 Å². The van der Waals surface area contributed by atoms with E-state index in [9.17, 15) is 14.7 Å². The number of amides is 1. The van der Waals surface area contributed by atoms with Crippen molar-refractivity contribution < 1.29 is 14.7 Å². The molecule has 4 nitrogen and oxygen atoms in total. The highest BCUT2D eigenvalue weighted by atomic mass is 16.4. The van der Waals surface area contributed by atoms with Crippen molar-refractivity contribution in [1.82, 2.24) is 4.90 Å². The van der Waals surface area contributed by atoms with Crippen LogP contribution in [0.2, 0.25) is 0 Å². The molecule has 0 bridgehead atoms. The van der Waals surface area contributed by atoms with Crippen LogP contribution >= 0.6 is 0 Å². The third kappa shape index (κ3) is 2.99. The molecule has 1 N–H and O–H groups in total. The van der Waals surface area contributed by atoms with E-state index in [1.807, 2.05) is 13.8 Å². The van der Waals surface area contributed by atoms with Crippen molar-refractivity contribution in [2.45, 2.75) is 46.5 Å². The molecule has 17 heavy (non-hydrogen) atoms. The van der Waals surface area contributed by atoms with Gasteiger partial charge in [-0.25, -0.2) is 0 Å². The van der Waals surface area contributed by atoms with Gasteiger partial charge < -0.3 is 10.0 Å². The van der Waals surface area contributed by atoms with Gasteiger partial charge in [0.2, 0.25) is 5.91 Å². The fourth-order valence-corrected chi connectivity index (χ4v) is 2.50. The topological polar surface area (TPSA) is 57.6 Å². The molecule has 0 aromatic carbocycles. The van der Waals surface area contributed by atoms with Crippen molar-refractivity contribution in [2.24, 2.45) is 11.3 Å². The molecule has 1 atom stereocenters. The van der Waals surface area contributed by atoms with E-state index in [4.69, 9.17) is 0 Å². The lowest BCUT2D eigenvalue weighted by molar-refractivity contribution is -0.154. The third-order valence-electron chi connectivity index (χ3n) is 3.86. The van der Waals surface area contributed by atoms with E-state index in [2.05, 4.69) is 0 Å². The monoisotopic (exact) mass is 241 g/mol. The number of hydrogen-bond donors (Lipinski definition) is 1. The summed E-state index contributed by atoms with van der Waals surface area (Å²) in [6, 6.07) is 0. The van der Waals surface area contributed by atoms with Gasteiger partial charge in [0.25, 0.3) is 0 Å². The first-order valence-corrected chi connectivity index (χ1v) is 6.46. The van der Waals surface area contributed by atoms with Gasteiger partial charge >= 0.3 is 5.97 Å². The van der Waals surface area contributed by atoms with E-state index in [1.165, 1.54) is 0 Å². The summed E-state index contributed by atoms with van der Waals surface area (Å²) in [5.41, 5.74) is -0.764. The predicted molar refractivity (Wildman–Crippen MR) is 65.6 cm³/mol. The molecule has 1 fully saturated rings. The van der Waals surface area contributed by atoms with E-state index in [0.29, 0.717) is 19.5 Å². The second kappa shape index (κ2) is 5.52. The molecule has 1 rings (SSSR count). The van der Waals surface area contributed by atoms with Gasteiger partial charge in [-0.3, -0.25) is 9.59 Å². The highest BCUT2D eigenvalue weighted by Gasteiger charge is 2.40. The summed E-state index contributed by atoms with van der Waals surface area (Å²) in [7, 11) is 0. The SMILES string of the molecule is CCC(CC)C(=O)N1CCCC(C)(C(=O)O)C1. The summed E-state index contributed by atoms with van der Waals surface area (Å²) >= 11 is 0. The number of rotatable bonds is 4.